The molecule has 2 aliphatic rings. The number of carbonyl (C=O) groups excluding carboxylic acids is 4. The molecule has 17 heteroatoms. The summed E-state index contributed by atoms with van der Waals surface area (Å²) in [5.74, 6) is -2.83. The Balaban J connectivity index is 1.29. The summed E-state index contributed by atoms with van der Waals surface area (Å²) in [5, 5.41) is 5.70. The Labute approximate surface area is 261 Å². The fourth-order valence-electron chi connectivity index (χ4n) is 4.51. The second-order valence-electron chi connectivity index (χ2n) is 10.3. The number of hydroxylamine groups is 2. The van der Waals surface area contributed by atoms with E-state index in [0.29, 0.717) is 22.6 Å². The van der Waals surface area contributed by atoms with Crippen molar-refractivity contribution in [2.45, 2.75) is 31.4 Å². The first kappa shape index (κ1) is 32.2. The summed E-state index contributed by atoms with van der Waals surface area (Å²) in [6.45, 7) is 0.0308. The number of hydrogen-bond donors (Lipinski definition) is 2. The Bertz CT molecular complexity index is 1820. The number of ether oxygens (including phenoxy) is 2. The summed E-state index contributed by atoms with van der Waals surface area (Å²) in [6, 6.07) is 7.32. The molecule has 2 N–H and O–H groups in total. The second kappa shape index (κ2) is 13.8. The van der Waals surface area contributed by atoms with Crippen LogP contribution in [-0.4, -0.2) is 69.1 Å². The quantitative estimate of drug-likeness (QED) is 0.370. The maximum Gasteiger partial charge on any atom is 0.349 e. The van der Waals surface area contributed by atoms with Crippen molar-refractivity contribution in [3.8, 4) is 22.8 Å². The van der Waals surface area contributed by atoms with Gasteiger partial charge in [0.05, 0.1) is 41.3 Å². The Morgan fingerprint density at radius 1 is 1.07 bits per heavy atom. The lowest BCUT2D eigenvalue weighted by molar-refractivity contribution is -0.197. The molecule has 5 rings (SSSR count). The maximum atomic E-state index is 14.9. The average molecular weight is 659 g/mol. The first-order chi connectivity index (χ1) is 22.0. The SMILES string of the molecule is CS(=O)(Cc1cc2nc(c1)OCCCOc1cc(F)ccc1-c1cc(ncc1F)N2)=NC(=O)NCCC(=O)ON1C(=O)CCC1=O. The van der Waals surface area contributed by atoms with Gasteiger partial charge in [-0.3, -0.25) is 9.59 Å². The van der Waals surface area contributed by atoms with E-state index in [9.17, 15) is 32.2 Å². The molecule has 4 bridgehead atoms. The molecule has 14 nitrogen and oxygen atoms in total. The van der Waals surface area contributed by atoms with Gasteiger partial charge in [-0.25, -0.2) is 27.6 Å². The van der Waals surface area contributed by atoms with Gasteiger partial charge in [-0.1, -0.05) is 0 Å². The van der Waals surface area contributed by atoms with Crippen molar-refractivity contribution in [3.05, 3.63) is 59.8 Å². The van der Waals surface area contributed by atoms with E-state index in [1.165, 1.54) is 36.6 Å². The molecule has 4 heterocycles. The average Bonchev–Trinajstić information content (AvgIpc) is 3.29. The van der Waals surface area contributed by atoms with E-state index in [1.54, 1.807) is 6.07 Å². The maximum absolute atomic E-state index is 14.9. The number of imide groups is 1. The minimum absolute atomic E-state index is 0.0491. The first-order valence-corrected chi connectivity index (χ1v) is 16.1. The molecule has 4 amide bonds. The Kier molecular flexibility index (Phi) is 9.69. The zero-order valence-electron chi connectivity index (χ0n) is 24.4. The number of amides is 4. The van der Waals surface area contributed by atoms with Gasteiger partial charge in [0.15, 0.2) is 0 Å². The number of anilines is 2. The number of hydrogen-bond acceptors (Lipinski definition) is 11. The van der Waals surface area contributed by atoms with Crippen LogP contribution in [0.5, 0.6) is 11.6 Å². The molecule has 46 heavy (non-hydrogen) atoms. The van der Waals surface area contributed by atoms with Crippen LogP contribution in [-0.2, 0) is 34.7 Å². The summed E-state index contributed by atoms with van der Waals surface area (Å²) in [5.41, 5.74) is 0.875. The van der Waals surface area contributed by atoms with Crippen molar-refractivity contribution in [1.82, 2.24) is 20.3 Å². The van der Waals surface area contributed by atoms with Gasteiger partial charge < -0.3 is 24.9 Å². The number of rotatable bonds is 6. The molecular weight excluding hydrogens is 630 g/mol. The van der Waals surface area contributed by atoms with E-state index in [4.69, 9.17) is 14.3 Å². The topological polar surface area (TPSA) is 178 Å². The van der Waals surface area contributed by atoms with Gasteiger partial charge in [-0.15, -0.1) is 9.43 Å². The van der Waals surface area contributed by atoms with Crippen LogP contribution in [0.4, 0.5) is 25.2 Å². The largest absolute Gasteiger partial charge is 0.493 e. The van der Waals surface area contributed by atoms with Gasteiger partial charge in [0.25, 0.3) is 11.8 Å². The van der Waals surface area contributed by atoms with Crippen LogP contribution in [0.15, 0.2) is 47.0 Å². The zero-order valence-corrected chi connectivity index (χ0v) is 25.2. The molecule has 1 atom stereocenters. The van der Waals surface area contributed by atoms with E-state index < -0.39 is 45.2 Å². The Morgan fingerprint density at radius 3 is 2.61 bits per heavy atom. The highest BCUT2D eigenvalue weighted by Gasteiger charge is 2.32. The van der Waals surface area contributed by atoms with Crippen LogP contribution >= 0.6 is 0 Å². The van der Waals surface area contributed by atoms with E-state index in [2.05, 4.69) is 25.0 Å². The summed E-state index contributed by atoms with van der Waals surface area (Å²) >= 11 is 0. The molecule has 1 fully saturated rings. The molecule has 2 aliphatic heterocycles. The third kappa shape index (κ3) is 8.29. The molecule has 242 valence electrons. The number of urea groups is 1. The minimum atomic E-state index is -3.17. The van der Waals surface area contributed by atoms with Gasteiger partial charge in [-0.2, -0.15) is 4.98 Å². The molecule has 0 saturated carbocycles. The Morgan fingerprint density at radius 2 is 1.83 bits per heavy atom. The van der Waals surface area contributed by atoms with Crippen LogP contribution in [0.3, 0.4) is 0 Å². The number of pyridine rings is 2. The zero-order chi connectivity index (χ0) is 32.8. The minimum Gasteiger partial charge on any atom is -0.493 e. The third-order valence-corrected chi connectivity index (χ3v) is 7.94. The number of benzene rings is 1. The molecular formula is C29H28F2N6O8S. The van der Waals surface area contributed by atoms with Crippen molar-refractivity contribution in [2.24, 2.45) is 4.36 Å². The van der Waals surface area contributed by atoms with Gasteiger partial charge in [0, 0.05) is 55.3 Å². The van der Waals surface area contributed by atoms with Crippen molar-refractivity contribution >= 4 is 45.2 Å². The first-order valence-electron chi connectivity index (χ1n) is 14.0. The van der Waals surface area contributed by atoms with Gasteiger partial charge in [0.1, 0.15) is 29.0 Å². The fraction of sp³-hybridized carbons (Fsp3) is 0.310. The molecule has 0 aliphatic carbocycles. The smallest absolute Gasteiger partial charge is 0.349 e. The number of halogens is 2. The number of fused-ring (bicyclic) bond motifs is 6. The van der Waals surface area contributed by atoms with Crippen LogP contribution in [0.1, 0.15) is 31.2 Å². The van der Waals surface area contributed by atoms with Crippen molar-refractivity contribution < 1.29 is 46.5 Å². The molecule has 1 unspecified atom stereocenters. The highest BCUT2D eigenvalue weighted by atomic mass is 32.2. The molecule has 0 radical (unpaired) electrons. The lowest BCUT2D eigenvalue weighted by Crippen LogP contribution is -2.33. The molecule has 0 spiro atoms. The van der Waals surface area contributed by atoms with E-state index in [1.807, 2.05) is 0 Å². The monoisotopic (exact) mass is 658 g/mol. The highest BCUT2D eigenvalue weighted by Crippen LogP contribution is 2.34. The highest BCUT2D eigenvalue weighted by molar-refractivity contribution is 7.92. The number of nitrogens with zero attached hydrogens (tertiary/aromatic N) is 4. The summed E-state index contributed by atoms with van der Waals surface area (Å²) < 4.78 is 57.4. The number of aromatic nitrogens is 2. The second-order valence-corrected chi connectivity index (χ2v) is 12.7. The summed E-state index contributed by atoms with van der Waals surface area (Å²) in [6.07, 6.45) is 2.18. The molecule has 2 aromatic heterocycles. The van der Waals surface area contributed by atoms with Crippen LogP contribution in [0, 0.1) is 11.6 Å². The van der Waals surface area contributed by atoms with Crippen LogP contribution in [0.2, 0.25) is 0 Å². The molecule has 1 aromatic carbocycles. The lowest BCUT2D eigenvalue weighted by atomic mass is 10.0. The fourth-order valence-corrected chi connectivity index (χ4v) is 5.77. The third-order valence-electron chi connectivity index (χ3n) is 6.52. The summed E-state index contributed by atoms with van der Waals surface area (Å²) in [4.78, 5) is 60.6. The van der Waals surface area contributed by atoms with Crippen molar-refractivity contribution in [3.63, 3.8) is 0 Å². The van der Waals surface area contributed by atoms with E-state index in [-0.39, 0.29) is 73.6 Å². The van der Waals surface area contributed by atoms with E-state index in [0.717, 1.165) is 6.20 Å². The molecule has 1 saturated heterocycles. The standard InChI is InChI=1S/C29H28F2N6O8S/c1-46(42,36-29(41)32-8-7-28(40)45-37-26(38)5-6-27(37)39)16-17-11-24-34-23-14-20(21(31)15-33-23)19-4-3-18(30)13-22(19)43-9-2-10-44-25(12-17)35-24/h3-4,11-15H,2,5-10,16H2,1H3,(H,32,41)(H,33,34,35). The lowest BCUT2D eigenvalue weighted by Gasteiger charge is -2.16. The summed E-state index contributed by atoms with van der Waals surface area (Å²) in [7, 11) is -3.17. The van der Waals surface area contributed by atoms with Gasteiger partial charge in [0.2, 0.25) is 5.88 Å². The van der Waals surface area contributed by atoms with Gasteiger partial charge in [-0.05, 0) is 29.8 Å². The van der Waals surface area contributed by atoms with Crippen LogP contribution < -0.4 is 20.1 Å². The number of nitrogens with one attached hydrogen (secondary N) is 2. The normalized spacial score (nSPS) is 15.7. The van der Waals surface area contributed by atoms with Crippen LogP contribution in [0.25, 0.3) is 11.1 Å². The Hall–Kier alpha value is -5.19. The van der Waals surface area contributed by atoms with E-state index >= 15 is 0 Å². The van der Waals surface area contributed by atoms with Crippen molar-refractivity contribution in [2.75, 3.05) is 31.3 Å². The van der Waals surface area contributed by atoms with Crippen molar-refractivity contribution in [1.29, 1.82) is 0 Å². The van der Waals surface area contributed by atoms with Gasteiger partial charge >= 0.3 is 12.0 Å². The molecule has 3 aromatic rings. The predicted molar refractivity (Wildman–Crippen MR) is 158 cm³/mol. The predicted octanol–water partition coefficient (Wildman–Crippen LogP) is 3.63. The number of carbonyl (C=O) groups is 4.